The molecule has 98 valence electrons. The molecule has 1 atom stereocenters. The van der Waals surface area contributed by atoms with Crippen LogP contribution in [0.25, 0.3) is 0 Å². The molecule has 1 heterocycles. The van der Waals surface area contributed by atoms with Crippen LogP contribution in [0.3, 0.4) is 0 Å². The minimum absolute atomic E-state index is 0.00847. The molecule has 0 aromatic heterocycles. The summed E-state index contributed by atoms with van der Waals surface area (Å²) in [4.78, 5) is 26.8. The highest BCUT2D eigenvalue weighted by Crippen LogP contribution is 2.12. The Morgan fingerprint density at radius 3 is 2.53 bits per heavy atom. The maximum atomic E-state index is 11.8. The van der Waals surface area contributed by atoms with Crippen LogP contribution in [0.5, 0.6) is 0 Å². The Kier molecular flexibility index (Phi) is 4.89. The third-order valence-corrected chi connectivity index (χ3v) is 3.06. The van der Waals surface area contributed by atoms with Gasteiger partial charge in [-0.05, 0) is 13.8 Å². The molecule has 1 saturated heterocycles. The highest BCUT2D eigenvalue weighted by Gasteiger charge is 2.34. The van der Waals surface area contributed by atoms with Gasteiger partial charge < -0.3 is 15.4 Å². The molecule has 0 spiro atoms. The normalized spacial score (nSPS) is 21.9. The van der Waals surface area contributed by atoms with Gasteiger partial charge in [-0.25, -0.2) is 0 Å². The topological polar surface area (TPSA) is 75.9 Å². The number of hydrogen-bond donors (Lipinski definition) is 1. The van der Waals surface area contributed by atoms with Gasteiger partial charge in [-0.15, -0.1) is 0 Å². The van der Waals surface area contributed by atoms with Crippen molar-refractivity contribution in [2.45, 2.75) is 25.9 Å². The number of carbonyl (C=O) groups excluding carboxylic acids is 2. The molecule has 0 aromatic carbocycles. The Bertz CT molecular complexity index is 294. The number of nitrogens with zero attached hydrogens (tertiary/aromatic N) is 2. The Labute approximate surface area is 102 Å². The van der Waals surface area contributed by atoms with Crippen LogP contribution in [-0.2, 0) is 14.3 Å². The molecule has 2 amide bonds. The van der Waals surface area contributed by atoms with Crippen molar-refractivity contribution in [3.05, 3.63) is 0 Å². The van der Waals surface area contributed by atoms with Gasteiger partial charge in [0.1, 0.15) is 12.6 Å². The van der Waals surface area contributed by atoms with Gasteiger partial charge in [-0.1, -0.05) is 0 Å². The molecule has 6 nitrogen and oxygen atoms in total. The average Bonchev–Trinajstić information content (AvgIpc) is 2.28. The summed E-state index contributed by atoms with van der Waals surface area (Å²) in [6.07, 6.45) is 0. The molecule has 0 radical (unpaired) electrons. The SMILES string of the molecule is COCC(=O)N1CCN(C(C)C)C[C@@H]1C(N)=O. The minimum Gasteiger partial charge on any atom is -0.375 e. The summed E-state index contributed by atoms with van der Waals surface area (Å²) < 4.78 is 4.80. The zero-order valence-corrected chi connectivity index (χ0v) is 10.7. The second-order valence-electron chi connectivity index (χ2n) is 4.53. The van der Waals surface area contributed by atoms with E-state index < -0.39 is 11.9 Å². The van der Waals surface area contributed by atoms with E-state index in [4.69, 9.17) is 10.5 Å². The molecular weight excluding hydrogens is 222 g/mol. The first-order valence-corrected chi connectivity index (χ1v) is 5.79. The largest absolute Gasteiger partial charge is 0.375 e. The lowest BCUT2D eigenvalue weighted by Crippen LogP contribution is -2.61. The smallest absolute Gasteiger partial charge is 0.249 e. The van der Waals surface area contributed by atoms with Gasteiger partial charge in [0.2, 0.25) is 11.8 Å². The predicted octanol–water partition coefficient (Wildman–Crippen LogP) is -0.961. The summed E-state index contributed by atoms with van der Waals surface area (Å²) in [6.45, 7) is 5.90. The fraction of sp³-hybridized carbons (Fsp3) is 0.818. The predicted molar refractivity (Wildman–Crippen MR) is 63.3 cm³/mol. The number of amides is 2. The molecule has 0 saturated carbocycles. The van der Waals surface area contributed by atoms with Crippen molar-refractivity contribution in [1.29, 1.82) is 0 Å². The summed E-state index contributed by atoms with van der Waals surface area (Å²) in [5.41, 5.74) is 5.35. The Balaban J connectivity index is 2.72. The Morgan fingerprint density at radius 2 is 2.06 bits per heavy atom. The van der Waals surface area contributed by atoms with Gasteiger partial charge in [0, 0.05) is 32.8 Å². The number of primary amides is 1. The number of nitrogens with two attached hydrogens (primary N) is 1. The molecule has 0 aromatic rings. The average molecular weight is 243 g/mol. The molecule has 0 bridgehead atoms. The van der Waals surface area contributed by atoms with Crippen LogP contribution in [0.4, 0.5) is 0 Å². The highest BCUT2D eigenvalue weighted by atomic mass is 16.5. The van der Waals surface area contributed by atoms with Gasteiger partial charge in [-0.2, -0.15) is 0 Å². The van der Waals surface area contributed by atoms with Crippen LogP contribution in [0.1, 0.15) is 13.8 Å². The van der Waals surface area contributed by atoms with E-state index in [2.05, 4.69) is 18.7 Å². The number of rotatable bonds is 4. The Morgan fingerprint density at radius 1 is 1.41 bits per heavy atom. The lowest BCUT2D eigenvalue weighted by atomic mass is 10.1. The van der Waals surface area contributed by atoms with E-state index in [-0.39, 0.29) is 12.5 Å². The van der Waals surface area contributed by atoms with Crippen molar-refractivity contribution in [2.75, 3.05) is 33.4 Å². The summed E-state index contributed by atoms with van der Waals surface area (Å²) in [6, 6.07) is -0.203. The quantitative estimate of drug-likeness (QED) is 0.690. The maximum absolute atomic E-state index is 11.8. The third kappa shape index (κ3) is 3.41. The fourth-order valence-corrected chi connectivity index (χ4v) is 2.02. The second kappa shape index (κ2) is 5.97. The number of hydrogen-bond acceptors (Lipinski definition) is 4. The second-order valence-corrected chi connectivity index (χ2v) is 4.53. The third-order valence-electron chi connectivity index (χ3n) is 3.06. The van der Waals surface area contributed by atoms with E-state index in [1.54, 1.807) is 0 Å². The molecule has 1 aliphatic rings. The zero-order chi connectivity index (χ0) is 13.0. The van der Waals surface area contributed by atoms with Crippen molar-refractivity contribution >= 4 is 11.8 Å². The van der Waals surface area contributed by atoms with Crippen molar-refractivity contribution in [3.63, 3.8) is 0 Å². The van der Waals surface area contributed by atoms with Gasteiger partial charge in [0.25, 0.3) is 0 Å². The standard InChI is InChI=1S/C11H21N3O3/c1-8(2)13-4-5-14(10(15)7-17-3)9(6-13)11(12)16/h8-9H,4-7H2,1-3H3,(H2,12,16)/t9-/m1/s1. The van der Waals surface area contributed by atoms with Crippen LogP contribution < -0.4 is 5.73 Å². The number of methoxy groups -OCH3 is 1. The van der Waals surface area contributed by atoms with Crippen LogP contribution in [0.15, 0.2) is 0 Å². The van der Waals surface area contributed by atoms with E-state index in [0.29, 0.717) is 19.1 Å². The lowest BCUT2D eigenvalue weighted by molar-refractivity contribution is -0.146. The van der Waals surface area contributed by atoms with Crippen LogP contribution in [0.2, 0.25) is 0 Å². The lowest BCUT2D eigenvalue weighted by Gasteiger charge is -2.41. The van der Waals surface area contributed by atoms with E-state index in [9.17, 15) is 9.59 Å². The minimum atomic E-state index is -0.547. The summed E-state index contributed by atoms with van der Waals surface area (Å²) in [7, 11) is 1.46. The van der Waals surface area contributed by atoms with Crippen LogP contribution >= 0.6 is 0 Å². The zero-order valence-electron chi connectivity index (χ0n) is 10.7. The van der Waals surface area contributed by atoms with Gasteiger partial charge >= 0.3 is 0 Å². The molecule has 0 unspecified atom stereocenters. The molecule has 6 heteroatoms. The summed E-state index contributed by atoms with van der Waals surface area (Å²) in [5.74, 6) is -0.639. The maximum Gasteiger partial charge on any atom is 0.249 e. The van der Waals surface area contributed by atoms with Crippen molar-refractivity contribution in [3.8, 4) is 0 Å². The first-order valence-electron chi connectivity index (χ1n) is 5.79. The molecule has 2 N–H and O–H groups in total. The van der Waals surface area contributed by atoms with E-state index >= 15 is 0 Å². The van der Waals surface area contributed by atoms with Crippen molar-refractivity contribution in [2.24, 2.45) is 5.73 Å². The molecule has 1 fully saturated rings. The first-order chi connectivity index (χ1) is 7.97. The molecule has 1 aliphatic heterocycles. The first kappa shape index (κ1) is 13.9. The van der Waals surface area contributed by atoms with E-state index in [1.807, 2.05) is 0 Å². The highest BCUT2D eigenvalue weighted by molar-refractivity contribution is 5.87. The Hall–Kier alpha value is -1.14. The van der Waals surface area contributed by atoms with Gasteiger partial charge in [-0.3, -0.25) is 14.5 Å². The van der Waals surface area contributed by atoms with Gasteiger partial charge in [0.05, 0.1) is 0 Å². The molecule has 17 heavy (non-hydrogen) atoms. The monoisotopic (exact) mass is 243 g/mol. The fourth-order valence-electron chi connectivity index (χ4n) is 2.02. The van der Waals surface area contributed by atoms with E-state index in [0.717, 1.165) is 6.54 Å². The molecule has 1 rings (SSSR count). The van der Waals surface area contributed by atoms with Crippen LogP contribution in [-0.4, -0.2) is 67.0 Å². The summed E-state index contributed by atoms with van der Waals surface area (Å²) >= 11 is 0. The number of ether oxygens (including phenoxy) is 1. The van der Waals surface area contributed by atoms with E-state index in [1.165, 1.54) is 12.0 Å². The number of piperazine rings is 1. The van der Waals surface area contributed by atoms with Crippen LogP contribution in [0, 0.1) is 0 Å². The van der Waals surface area contributed by atoms with Crippen molar-refractivity contribution in [1.82, 2.24) is 9.80 Å². The summed E-state index contributed by atoms with van der Waals surface area (Å²) in [5, 5.41) is 0. The van der Waals surface area contributed by atoms with Gasteiger partial charge in [0.15, 0.2) is 0 Å². The number of carbonyl (C=O) groups is 2. The molecular formula is C11H21N3O3. The van der Waals surface area contributed by atoms with Crippen molar-refractivity contribution < 1.29 is 14.3 Å². The molecule has 0 aliphatic carbocycles.